The van der Waals surface area contributed by atoms with E-state index in [4.69, 9.17) is 14.6 Å². The maximum Gasteiger partial charge on any atom is 0.303 e. The van der Waals surface area contributed by atoms with E-state index in [2.05, 4.69) is 10.2 Å². The number of carbonyl (C=O) groups is 2. The van der Waals surface area contributed by atoms with E-state index in [0.29, 0.717) is 6.54 Å². The molecule has 38 heavy (non-hydrogen) atoms. The molecule has 3 atom stereocenters. The maximum absolute atomic E-state index is 11.9. The molecule has 2 aliphatic heterocycles. The summed E-state index contributed by atoms with van der Waals surface area (Å²) in [4.78, 5) is 25.0. The monoisotopic (exact) mass is 524 g/mol. The molecular formula is C30H40N2O6. The van der Waals surface area contributed by atoms with Crippen molar-refractivity contribution in [1.29, 1.82) is 0 Å². The molecule has 3 N–H and O–H groups in total. The summed E-state index contributed by atoms with van der Waals surface area (Å²) in [6, 6.07) is 15.7. The number of aliphatic carboxylic acids is 1. The Balaban J connectivity index is 1.43. The second-order valence-corrected chi connectivity index (χ2v) is 10.3. The molecule has 0 aromatic heterocycles. The van der Waals surface area contributed by atoms with Gasteiger partial charge in [-0.05, 0) is 42.6 Å². The number of nitrogens with zero attached hydrogens (tertiary/aromatic N) is 1. The number of carboxylic acids is 1. The van der Waals surface area contributed by atoms with E-state index < -0.39 is 12.3 Å². The van der Waals surface area contributed by atoms with Crippen molar-refractivity contribution in [3.8, 4) is 0 Å². The van der Waals surface area contributed by atoms with Crippen LogP contribution in [-0.2, 0) is 32.2 Å². The van der Waals surface area contributed by atoms with Crippen LogP contribution in [0.3, 0.4) is 0 Å². The Labute approximate surface area is 224 Å². The van der Waals surface area contributed by atoms with Crippen molar-refractivity contribution in [2.75, 3.05) is 19.6 Å². The Bertz CT molecular complexity index is 1020. The first-order chi connectivity index (χ1) is 18.5. The molecule has 0 radical (unpaired) electrons. The molecule has 1 amide bonds. The fourth-order valence-corrected chi connectivity index (χ4v) is 5.12. The van der Waals surface area contributed by atoms with Gasteiger partial charge in [0.15, 0.2) is 6.29 Å². The molecule has 0 spiro atoms. The van der Waals surface area contributed by atoms with Gasteiger partial charge in [-0.2, -0.15) is 0 Å². The first-order valence-corrected chi connectivity index (χ1v) is 13.8. The summed E-state index contributed by atoms with van der Waals surface area (Å²) in [7, 11) is 0. The van der Waals surface area contributed by atoms with Gasteiger partial charge in [-0.25, -0.2) is 0 Å². The second-order valence-electron chi connectivity index (χ2n) is 10.3. The minimum atomic E-state index is -0.982. The molecule has 8 heteroatoms. The lowest BCUT2D eigenvalue weighted by atomic mass is 9.99. The number of rotatable bonds is 10. The van der Waals surface area contributed by atoms with Crippen LogP contribution in [0.4, 0.5) is 0 Å². The van der Waals surface area contributed by atoms with E-state index in [1.54, 1.807) is 0 Å². The molecule has 2 aliphatic rings. The van der Waals surface area contributed by atoms with E-state index in [1.807, 2.05) is 48.5 Å². The lowest BCUT2D eigenvalue weighted by molar-refractivity contribution is -0.253. The Morgan fingerprint density at radius 2 is 1.47 bits per heavy atom. The minimum absolute atomic E-state index is 0.0154. The molecule has 2 heterocycles. The van der Waals surface area contributed by atoms with Crippen LogP contribution in [0.5, 0.6) is 0 Å². The van der Waals surface area contributed by atoms with Crippen molar-refractivity contribution in [3.05, 3.63) is 70.8 Å². The molecular weight excluding hydrogens is 484 g/mol. The summed E-state index contributed by atoms with van der Waals surface area (Å²) < 4.78 is 13.0. The van der Waals surface area contributed by atoms with Crippen molar-refractivity contribution in [3.63, 3.8) is 0 Å². The molecule has 206 valence electrons. The molecule has 2 saturated heterocycles. The summed E-state index contributed by atoms with van der Waals surface area (Å²) in [5.74, 6) is -1.26. The van der Waals surface area contributed by atoms with Gasteiger partial charge in [-0.3, -0.25) is 9.59 Å². The van der Waals surface area contributed by atoms with Crippen LogP contribution >= 0.6 is 0 Å². The standard InChI is InChI=1S/C30H40N2O6/c33-21-23-8-10-24(11-9-23)27-18-26(20-32-16-4-2-1-3-5-17-32)37-30(38-27)25-12-6-22(7-13-25)19-31-28(34)14-15-29(35)36/h6-13,26-27,30,33H,1-5,14-21H2,(H,31,34)(H,35,36). The van der Waals surface area contributed by atoms with Gasteiger partial charge in [0.05, 0.1) is 25.2 Å². The van der Waals surface area contributed by atoms with E-state index in [0.717, 1.165) is 48.3 Å². The van der Waals surface area contributed by atoms with Gasteiger partial charge in [0.1, 0.15) is 0 Å². The third-order valence-electron chi connectivity index (χ3n) is 7.33. The SMILES string of the molecule is O=C(O)CCC(=O)NCc1ccc(C2OC(CN3CCCCCCC3)CC(c3ccc(CO)cc3)O2)cc1. The van der Waals surface area contributed by atoms with Crippen LogP contribution in [0.25, 0.3) is 0 Å². The number of amides is 1. The van der Waals surface area contributed by atoms with Crippen LogP contribution in [0.2, 0.25) is 0 Å². The average molecular weight is 525 g/mol. The number of aliphatic hydroxyl groups excluding tert-OH is 1. The quantitative estimate of drug-likeness (QED) is 0.421. The Hall–Kier alpha value is -2.78. The molecule has 0 saturated carbocycles. The predicted molar refractivity (Wildman–Crippen MR) is 143 cm³/mol. The molecule has 0 aliphatic carbocycles. The summed E-state index contributed by atoms with van der Waals surface area (Å²) in [6.07, 6.45) is 6.34. The van der Waals surface area contributed by atoms with E-state index in [-0.39, 0.29) is 37.6 Å². The van der Waals surface area contributed by atoms with Crippen molar-refractivity contribution in [2.45, 2.75) is 83.0 Å². The molecule has 8 nitrogen and oxygen atoms in total. The van der Waals surface area contributed by atoms with Gasteiger partial charge in [0.25, 0.3) is 0 Å². The third kappa shape index (κ3) is 8.63. The summed E-state index contributed by atoms with van der Waals surface area (Å²) in [6.45, 7) is 3.44. The first kappa shape index (κ1) is 28.2. The van der Waals surface area contributed by atoms with Gasteiger partial charge in [0, 0.05) is 31.5 Å². The number of hydrogen-bond acceptors (Lipinski definition) is 6. The number of benzene rings is 2. The highest BCUT2D eigenvalue weighted by Gasteiger charge is 2.33. The highest BCUT2D eigenvalue weighted by atomic mass is 16.7. The van der Waals surface area contributed by atoms with Crippen LogP contribution in [-0.4, -0.2) is 52.7 Å². The molecule has 3 unspecified atom stereocenters. The number of aliphatic hydroxyl groups is 1. The Kier molecular flexibility index (Phi) is 10.7. The lowest BCUT2D eigenvalue weighted by Crippen LogP contribution is -2.40. The Morgan fingerprint density at radius 1 is 0.842 bits per heavy atom. The highest BCUT2D eigenvalue weighted by Crippen LogP contribution is 2.38. The van der Waals surface area contributed by atoms with Gasteiger partial charge in [0.2, 0.25) is 5.91 Å². The van der Waals surface area contributed by atoms with Crippen LogP contribution in [0.15, 0.2) is 48.5 Å². The number of ether oxygens (including phenoxy) is 2. The highest BCUT2D eigenvalue weighted by molar-refractivity contribution is 5.80. The fourth-order valence-electron chi connectivity index (χ4n) is 5.12. The minimum Gasteiger partial charge on any atom is -0.481 e. The number of likely N-dealkylation sites (tertiary alicyclic amines) is 1. The van der Waals surface area contributed by atoms with E-state index in [1.165, 1.54) is 32.1 Å². The normalized spacial score (nSPS) is 22.8. The van der Waals surface area contributed by atoms with E-state index >= 15 is 0 Å². The number of carboxylic acid groups (broad SMARTS) is 1. The van der Waals surface area contributed by atoms with Gasteiger partial charge in [-0.15, -0.1) is 0 Å². The number of carbonyl (C=O) groups excluding carboxylic acids is 1. The largest absolute Gasteiger partial charge is 0.481 e. The van der Waals surface area contributed by atoms with Gasteiger partial charge in [-0.1, -0.05) is 67.8 Å². The zero-order chi connectivity index (χ0) is 26.7. The molecule has 2 aromatic rings. The topological polar surface area (TPSA) is 108 Å². The van der Waals surface area contributed by atoms with Crippen LogP contribution in [0.1, 0.15) is 86.0 Å². The second kappa shape index (κ2) is 14.4. The number of hydrogen-bond donors (Lipinski definition) is 3. The smallest absolute Gasteiger partial charge is 0.303 e. The molecule has 2 aromatic carbocycles. The zero-order valence-corrected chi connectivity index (χ0v) is 22.0. The van der Waals surface area contributed by atoms with Gasteiger partial charge < -0.3 is 29.9 Å². The Morgan fingerprint density at radius 3 is 2.13 bits per heavy atom. The maximum atomic E-state index is 11.9. The zero-order valence-electron chi connectivity index (χ0n) is 22.0. The first-order valence-electron chi connectivity index (χ1n) is 13.8. The van der Waals surface area contributed by atoms with Gasteiger partial charge >= 0.3 is 5.97 Å². The molecule has 2 fully saturated rings. The van der Waals surface area contributed by atoms with Crippen molar-refractivity contribution in [2.24, 2.45) is 0 Å². The average Bonchev–Trinajstić information content (AvgIpc) is 2.92. The lowest BCUT2D eigenvalue weighted by Gasteiger charge is -2.38. The van der Waals surface area contributed by atoms with E-state index in [9.17, 15) is 14.7 Å². The summed E-state index contributed by atoms with van der Waals surface area (Å²) >= 11 is 0. The summed E-state index contributed by atoms with van der Waals surface area (Å²) in [5.41, 5.74) is 3.79. The molecule has 4 rings (SSSR count). The van der Waals surface area contributed by atoms with Crippen LogP contribution < -0.4 is 5.32 Å². The fraction of sp³-hybridized carbons (Fsp3) is 0.533. The molecule has 0 bridgehead atoms. The third-order valence-corrected chi connectivity index (χ3v) is 7.33. The predicted octanol–water partition coefficient (Wildman–Crippen LogP) is 4.47. The van der Waals surface area contributed by atoms with Crippen molar-refractivity contribution < 1.29 is 29.3 Å². The number of nitrogens with one attached hydrogen (secondary N) is 1. The summed E-state index contributed by atoms with van der Waals surface area (Å²) in [5, 5.41) is 20.9. The van der Waals surface area contributed by atoms with Crippen molar-refractivity contribution in [1.82, 2.24) is 10.2 Å². The van der Waals surface area contributed by atoms with Crippen LogP contribution in [0, 0.1) is 0 Å². The van der Waals surface area contributed by atoms with Crippen molar-refractivity contribution >= 4 is 11.9 Å².